The largest absolute Gasteiger partial charge is 0.497 e. The maximum Gasteiger partial charge on any atom is 0.238 e. The molecule has 1 spiro atoms. The molecule has 1 saturated carbocycles. The molecule has 1 amide bonds. The number of hydrogen-bond acceptors (Lipinski definition) is 5. The van der Waals surface area contributed by atoms with Crippen LogP contribution in [0, 0.1) is 0 Å². The Bertz CT molecular complexity index is 1750. The highest BCUT2D eigenvalue weighted by Gasteiger charge is 2.55. The molecule has 2 aliphatic rings. The van der Waals surface area contributed by atoms with Crippen molar-refractivity contribution in [1.29, 1.82) is 0 Å². The number of nitrogens with zero attached hydrogens (tertiary/aromatic N) is 4. The maximum atomic E-state index is 14.2. The number of pyridine rings is 1. The summed E-state index contributed by atoms with van der Waals surface area (Å²) in [5.74, 6) is 2.02. The Morgan fingerprint density at radius 2 is 1.73 bits per heavy atom. The van der Waals surface area contributed by atoms with Crippen molar-refractivity contribution in [1.82, 2.24) is 14.8 Å². The zero-order valence-electron chi connectivity index (χ0n) is 22.5. The van der Waals surface area contributed by atoms with Gasteiger partial charge in [0.1, 0.15) is 16.7 Å². The maximum absolute atomic E-state index is 14.2. The number of para-hydroxylation sites is 1. The van der Waals surface area contributed by atoms with Gasteiger partial charge in [-0.25, -0.2) is 9.67 Å². The van der Waals surface area contributed by atoms with Crippen LogP contribution in [0.3, 0.4) is 0 Å². The number of fused-ring (bicyclic) bond motifs is 2. The number of carbonyl (C=O) groups is 1. The normalized spacial score (nSPS) is 15.1. The van der Waals surface area contributed by atoms with Gasteiger partial charge in [0.05, 0.1) is 42.3 Å². The van der Waals surface area contributed by atoms with Crippen molar-refractivity contribution in [3.05, 3.63) is 114 Å². The second-order valence-corrected chi connectivity index (χ2v) is 10.8. The van der Waals surface area contributed by atoms with Gasteiger partial charge in [-0.3, -0.25) is 4.79 Å². The molecule has 1 aliphatic carbocycles. The summed E-state index contributed by atoms with van der Waals surface area (Å²) in [4.78, 5) is 20.2. The minimum atomic E-state index is -0.566. The van der Waals surface area contributed by atoms with Gasteiger partial charge in [-0.2, -0.15) is 5.10 Å². The van der Waals surface area contributed by atoms with Crippen LogP contribution in [0.4, 0.5) is 5.69 Å². The number of anilines is 1. The summed E-state index contributed by atoms with van der Waals surface area (Å²) in [5, 5.41) is 4.95. The van der Waals surface area contributed by atoms with E-state index in [-0.39, 0.29) is 5.91 Å². The van der Waals surface area contributed by atoms with E-state index < -0.39 is 5.41 Å². The van der Waals surface area contributed by atoms with Gasteiger partial charge < -0.3 is 14.4 Å². The van der Waals surface area contributed by atoms with Gasteiger partial charge in [0.15, 0.2) is 5.75 Å². The third-order valence-electron chi connectivity index (χ3n) is 8.09. The highest BCUT2D eigenvalue weighted by Crippen LogP contribution is 2.58. The standard InChI is InChI=1S/C33H27ClN4O3/c1-40-25-10-8-22(9-11-25)21-37-31-27(33(32(37)39)14-5-15-33)18-23(19-29(31)41-26-12-16-35-30(34)20-26)28-13-17-36-38(28)24-6-3-2-4-7-24/h2-4,6-13,16-20H,5,14-15,21H2,1H3. The van der Waals surface area contributed by atoms with Crippen LogP contribution in [-0.4, -0.2) is 27.8 Å². The second kappa shape index (κ2) is 10.1. The van der Waals surface area contributed by atoms with E-state index >= 15 is 0 Å². The summed E-state index contributed by atoms with van der Waals surface area (Å²) < 4.78 is 13.8. The van der Waals surface area contributed by atoms with Crippen molar-refractivity contribution in [2.45, 2.75) is 31.2 Å². The Balaban J connectivity index is 1.40. The summed E-state index contributed by atoms with van der Waals surface area (Å²) in [6.45, 7) is 0.423. The Morgan fingerprint density at radius 3 is 2.44 bits per heavy atom. The topological polar surface area (TPSA) is 69.5 Å². The molecule has 1 fully saturated rings. The summed E-state index contributed by atoms with van der Waals surface area (Å²) in [5.41, 5.74) is 5.02. The monoisotopic (exact) mass is 562 g/mol. The highest BCUT2D eigenvalue weighted by atomic mass is 35.5. The van der Waals surface area contributed by atoms with Crippen molar-refractivity contribution in [3.63, 3.8) is 0 Å². The van der Waals surface area contributed by atoms with Crippen molar-refractivity contribution >= 4 is 23.2 Å². The fourth-order valence-electron chi connectivity index (χ4n) is 5.90. The van der Waals surface area contributed by atoms with E-state index in [4.69, 9.17) is 21.1 Å². The number of halogens is 1. The Labute approximate surface area is 242 Å². The van der Waals surface area contributed by atoms with E-state index in [1.165, 1.54) is 0 Å². The van der Waals surface area contributed by atoms with Crippen molar-refractivity contribution in [2.24, 2.45) is 0 Å². The fraction of sp³-hybridized carbons (Fsp3) is 0.182. The van der Waals surface area contributed by atoms with E-state index in [2.05, 4.69) is 16.1 Å². The van der Waals surface area contributed by atoms with Gasteiger partial charge in [0.2, 0.25) is 5.91 Å². The van der Waals surface area contributed by atoms with Crippen LogP contribution in [0.1, 0.15) is 30.4 Å². The van der Waals surface area contributed by atoms with Crippen LogP contribution in [0.5, 0.6) is 17.2 Å². The molecular formula is C33H27ClN4O3. The van der Waals surface area contributed by atoms with Crippen molar-refractivity contribution < 1.29 is 14.3 Å². The van der Waals surface area contributed by atoms with E-state index in [1.54, 1.807) is 31.6 Å². The van der Waals surface area contributed by atoms with E-state index in [0.29, 0.717) is 23.2 Å². The molecule has 204 valence electrons. The first-order chi connectivity index (χ1) is 20.1. The molecule has 0 unspecified atom stereocenters. The Morgan fingerprint density at radius 1 is 0.927 bits per heavy atom. The first-order valence-corrected chi connectivity index (χ1v) is 14.0. The first-order valence-electron chi connectivity index (χ1n) is 13.6. The SMILES string of the molecule is COc1ccc(CN2C(=O)C3(CCC3)c3cc(-c4ccnn4-c4ccccc4)cc(Oc4ccnc(Cl)c4)c32)cc1. The van der Waals surface area contributed by atoms with Crippen LogP contribution in [0.25, 0.3) is 16.9 Å². The molecule has 7 nitrogen and oxygen atoms in total. The van der Waals surface area contributed by atoms with Crippen LogP contribution in [0.2, 0.25) is 5.15 Å². The molecular weight excluding hydrogens is 536 g/mol. The van der Waals surface area contributed by atoms with Gasteiger partial charge >= 0.3 is 0 Å². The minimum Gasteiger partial charge on any atom is -0.497 e. The van der Waals surface area contributed by atoms with Crippen molar-refractivity contribution in [3.8, 4) is 34.2 Å². The summed E-state index contributed by atoms with van der Waals surface area (Å²) in [7, 11) is 1.64. The number of hydrogen-bond donors (Lipinski definition) is 0. The van der Waals surface area contributed by atoms with Crippen LogP contribution in [0.15, 0.2) is 97.3 Å². The van der Waals surface area contributed by atoms with E-state index in [9.17, 15) is 4.79 Å². The number of aromatic nitrogens is 3. The molecule has 0 radical (unpaired) electrons. The molecule has 3 aromatic carbocycles. The fourth-order valence-corrected chi connectivity index (χ4v) is 6.07. The number of amides is 1. The molecule has 5 aromatic rings. The summed E-state index contributed by atoms with van der Waals surface area (Å²) >= 11 is 6.21. The lowest BCUT2D eigenvalue weighted by molar-refractivity contribution is -0.126. The van der Waals surface area contributed by atoms with Gasteiger partial charge in [0, 0.05) is 17.8 Å². The average Bonchev–Trinajstić information content (AvgIpc) is 3.55. The molecule has 3 heterocycles. The zero-order chi connectivity index (χ0) is 28.0. The third kappa shape index (κ3) is 4.33. The molecule has 0 atom stereocenters. The lowest BCUT2D eigenvalue weighted by atomic mass is 9.65. The summed E-state index contributed by atoms with van der Waals surface area (Å²) in [6.07, 6.45) is 6.02. The molecule has 0 N–H and O–H groups in total. The lowest BCUT2D eigenvalue weighted by Gasteiger charge is -2.37. The third-order valence-corrected chi connectivity index (χ3v) is 8.29. The van der Waals surface area contributed by atoms with Crippen LogP contribution >= 0.6 is 11.6 Å². The smallest absolute Gasteiger partial charge is 0.238 e. The van der Waals surface area contributed by atoms with Crippen molar-refractivity contribution in [2.75, 3.05) is 12.0 Å². The Kier molecular flexibility index (Phi) is 6.24. The minimum absolute atomic E-state index is 0.112. The lowest BCUT2D eigenvalue weighted by Crippen LogP contribution is -2.44. The predicted octanol–water partition coefficient (Wildman–Crippen LogP) is 7.36. The average molecular weight is 563 g/mol. The molecule has 1 aliphatic heterocycles. The molecule has 2 aromatic heterocycles. The number of benzene rings is 3. The van der Waals surface area contributed by atoms with Gasteiger partial charge in [-0.15, -0.1) is 0 Å². The molecule has 7 rings (SSSR count). The predicted molar refractivity (Wildman–Crippen MR) is 158 cm³/mol. The van der Waals surface area contributed by atoms with Crippen LogP contribution < -0.4 is 14.4 Å². The number of ether oxygens (including phenoxy) is 2. The zero-order valence-corrected chi connectivity index (χ0v) is 23.2. The van der Waals surface area contributed by atoms with Gasteiger partial charge in [-0.05, 0) is 72.5 Å². The summed E-state index contributed by atoms with van der Waals surface area (Å²) in [6, 6.07) is 27.4. The number of carbonyl (C=O) groups excluding carboxylic acids is 1. The van der Waals surface area contributed by atoms with Gasteiger partial charge in [-0.1, -0.05) is 48.4 Å². The molecule has 0 saturated heterocycles. The number of rotatable bonds is 7. The van der Waals surface area contributed by atoms with E-state index in [0.717, 1.165) is 58.8 Å². The molecule has 8 heteroatoms. The highest BCUT2D eigenvalue weighted by molar-refractivity contribution is 6.29. The Hall–Kier alpha value is -4.62. The van der Waals surface area contributed by atoms with Gasteiger partial charge in [0.25, 0.3) is 0 Å². The second-order valence-electron chi connectivity index (χ2n) is 10.4. The quantitative estimate of drug-likeness (QED) is 0.194. The van der Waals surface area contributed by atoms with E-state index in [1.807, 2.05) is 76.3 Å². The first kappa shape index (κ1) is 25.4. The molecule has 41 heavy (non-hydrogen) atoms. The number of methoxy groups -OCH3 is 1. The van der Waals surface area contributed by atoms with Crippen LogP contribution in [-0.2, 0) is 16.8 Å². The molecule has 0 bridgehead atoms.